The molecule has 1 aliphatic carbocycles. The molecule has 0 spiro atoms. The van der Waals surface area contributed by atoms with Crippen molar-refractivity contribution in [3.05, 3.63) is 81.7 Å². The molecule has 0 aromatic heterocycles. The normalized spacial score (nSPS) is 20.2. The van der Waals surface area contributed by atoms with Crippen LogP contribution in [0.1, 0.15) is 48.3 Å². The molecule has 33 heavy (non-hydrogen) atoms. The van der Waals surface area contributed by atoms with Crippen LogP contribution in [0, 0.1) is 6.92 Å². The molecule has 6 nitrogen and oxygen atoms in total. The molecule has 172 valence electrons. The fourth-order valence-corrected chi connectivity index (χ4v) is 4.95. The van der Waals surface area contributed by atoms with E-state index in [1.165, 1.54) is 7.11 Å². The average Bonchev–Trinajstić information content (AvgIpc) is 2.82. The molecule has 4 rings (SSSR count). The van der Waals surface area contributed by atoms with Crippen LogP contribution in [0.15, 0.2) is 65.0 Å². The van der Waals surface area contributed by atoms with Gasteiger partial charge in [-0.2, -0.15) is 0 Å². The molecule has 1 N–H and O–H groups in total. The van der Waals surface area contributed by atoms with Gasteiger partial charge in [-0.05, 0) is 49.4 Å². The zero-order valence-electron chi connectivity index (χ0n) is 19.7. The third kappa shape index (κ3) is 4.13. The highest BCUT2D eigenvalue weighted by Crippen LogP contribution is 2.46. The summed E-state index contributed by atoms with van der Waals surface area (Å²) in [6.45, 7) is 3.87. The summed E-state index contributed by atoms with van der Waals surface area (Å²) >= 11 is 0. The van der Waals surface area contributed by atoms with Crippen molar-refractivity contribution < 1.29 is 23.8 Å². The first kappa shape index (κ1) is 22.6. The molecule has 2 atom stereocenters. The Labute approximate surface area is 194 Å². The van der Waals surface area contributed by atoms with Crippen LogP contribution in [0.5, 0.6) is 11.5 Å². The minimum atomic E-state index is -0.451. The Kier molecular flexibility index (Phi) is 6.27. The van der Waals surface area contributed by atoms with Crippen LogP contribution in [0.25, 0.3) is 0 Å². The van der Waals surface area contributed by atoms with Crippen molar-refractivity contribution in [1.29, 1.82) is 0 Å². The predicted octanol–water partition coefficient (Wildman–Crippen LogP) is 4.55. The van der Waals surface area contributed by atoms with Crippen LogP contribution in [0.2, 0.25) is 0 Å². The Bertz CT molecular complexity index is 1180. The molecular weight excluding hydrogens is 418 g/mol. The van der Waals surface area contributed by atoms with E-state index in [1.807, 2.05) is 56.3 Å². The van der Waals surface area contributed by atoms with Gasteiger partial charge in [0, 0.05) is 29.3 Å². The maximum atomic E-state index is 13.6. The van der Waals surface area contributed by atoms with Crippen LogP contribution in [0.4, 0.5) is 0 Å². The molecule has 2 aliphatic rings. The van der Waals surface area contributed by atoms with Crippen molar-refractivity contribution >= 4 is 11.8 Å². The number of ether oxygens (including phenoxy) is 3. The number of esters is 1. The second kappa shape index (κ2) is 9.14. The quantitative estimate of drug-likeness (QED) is 0.678. The number of allylic oxidation sites excluding steroid dienone is 3. The highest BCUT2D eigenvalue weighted by molar-refractivity contribution is 6.04. The van der Waals surface area contributed by atoms with Gasteiger partial charge in [-0.3, -0.25) is 4.79 Å². The SMILES string of the molecule is COC(=O)C1=C(C)NC2=C(C(=O)C[C@H](c3ccc(OC)c(OC)c3)C2)[C@@H]1c1cccc(C)c1. The van der Waals surface area contributed by atoms with Gasteiger partial charge in [-0.25, -0.2) is 4.79 Å². The van der Waals surface area contributed by atoms with Gasteiger partial charge in [-0.1, -0.05) is 35.9 Å². The first-order chi connectivity index (χ1) is 15.9. The summed E-state index contributed by atoms with van der Waals surface area (Å²) in [7, 11) is 4.58. The molecule has 0 unspecified atom stereocenters. The van der Waals surface area contributed by atoms with Crippen molar-refractivity contribution in [2.45, 2.75) is 38.5 Å². The first-order valence-corrected chi connectivity index (χ1v) is 11.0. The maximum Gasteiger partial charge on any atom is 0.336 e. The van der Waals surface area contributed by atoms with Crippen LogP contribution >= 0.6 is 0 Å². The number of Topliss-reactive ketones (excluding diaryl/α,β-unsaturated/α-hetero) is 1. The summed E-state index contributed by atoms with van der Waals surface area (Å²) in [6.07, 6.45) is 1.01. The van der Waals surface area contributed by atoms with E-state index in [-0.39, 0.29) is 11.7 Å². The molecule has 0 saturated heterocycles. The van der Waals surface area contributed by atoms with Crippen LogP contribution in [0.3, 0.4) is 0 Å². The van der Waals surface area contributed by atoms with Gasteiger partial charge in [-0.15, -0.1) is 0 Å². The van der Waals surface area contributed by atoms with Gasteiger partial charge in [0.05, 0.1) is 26.9 Å². The van der Waals surface area contributed by atoms with Crippen LogP contribution in [-0.2, 0) is 14.3 Å². The lowest BCUT2D eigenvalue weighted by Crippen LogP contribution is -2.36. The van der Waals surface area contributed by atoms with Crippen molar-refractivity contribution in [2.75, 3.05) is 21.3 Å². The Balaban J connectivity index is 1.78. The third-order valence-corrected chi connectivity index (χ3v) is 6.49. The topological polar surface area (TPSA) is 73.9 Å². The van der Waals surface area contributed by atoms with Gasteiger partial charge in [0.2, 0.25) is 0 Å². The molecule has 0 bridgehead atoms. The minimum Gasteiger partial charge on any atom is -0.493 e. The molecule has 1 aliphatic heterocycles. The molecular formula is C27H29NO5. The van der Waals surface area contributed by atoms with E-state index in [4.69, 9.17) is 14.2 Å². The van der Waals surface area contributed by atoms with E-state index in [0.717, 1.165) is 22.4 Å². The van der Waals surface area contributed by atoms with Crippen molar-refractivity contribution in [1.82, 2.24) is 5.32 Å². The Morgan fingerprint density at radius 1 is 0.939 bits per heavy atom. The zero-order valence-corrected chi connectivity index (χ0v) is 19.7. The van der Waals surface area contributed by atoms with Gasteiger partial charge in [0.25, 0.3) is 0 Å². The monoisotopic (exact) mass is 447 g/mol. The molecule has 2 aromatic carbocycles. The number of hydrogen-bond donors (Lipinski definition) is 1. The van der Waals surface area contributed by atoms with Gasteiger partial charge in [0.15, 0.2) is 17.3 Å². The van der Waals surface area contributed by atoms with Crippen molar-refractivity contribution in [3.63, 3.8) is 0 Å². The summed E-state index contributed by atoms with van der Waals surface area (Å²) in [5.41, 5.74) is 5.73. The van der Waals surface area contributed by atoms with Crippen molar-refractivity contribution in [3.8, 4) is 11.5 Å². The Morgan fingerprint density at radius 2 is 1.70 bits per heavy atom. The number of rotatable bonds is 5. The van der Waals surface area contributed by atoms with Crippen LogP contribution < -0.4 is 14.8 Å². The lowest BCUT2D eigenvalue weighted by molar-refractivity contribution is -0.136. The van der Waals surface area contributed by atoms with E-state index >= 15 is 0 Å². The summed E-state index contributed by atoms with van der Waals surface area (Å²) in [6, 6.07) is 13.7. The fourth-order valence-electron chi connectivity index (χ4n) is 4.95. The molecule has 0 radical (unpaired) electrons. The molecule has 0 saturated carbocycles. The average molecular weight is 448 g/mol. The van der Waals surface area contributed by atoms with Crippen molar-refractivity contribution in [2.24, 2.45) is 0 Å². The smallest absolute Gasteiger partial charge is 0.336 e. The second-order valence-electron chi connectivity index (χ2n) is 8.54. The number of aryl methyl sites for hydroxylation is 1. The van der Waals surface area contributed by atoms with Gasteiger partial charge in [0.1, 0.15) is 0 Å². The Hall–Kier alpha value is -3.54. The number of nitrogens with one attached hydrogen (secondary N) is 1. The Morgan fingerprint density at radius 3 is 2.36 bits per heavy atom. The predicted molar refractivity (Wildman–Crippen MR) is 125 cm³/mol. The summed E-state index contributed by atoms with van der Waals surface area (Å²) in [5, 5.41) is 3.36. The summed E-state index contributed by atoms with van der Waals surface area (Å²) in [5.74, 6) is 0.444. The number of carbonyl (C=O) groups excluding carboxylic acids is 2. The maximum absolute atomic E-state index is 13.6. The van der Waals surface area contributed by atoms with E-state index in [2.05, 4.69) is 5.32 Å². The largest absolute Gasteiger partial charge is 0.493 e. The van der Waals surface area contributed by atoms with E-state index < -0.39 is 11.9 Å². The molecule has 0 fully saturated rings. The molecule has 2 aromatic rings. The number of methoxy groups -OCH3 is 3. The lowest BCUT2D eigenvalue weighted by Gasteiger charge is -2.36. The highest BCUT2D eigenvalue weighted by Gasteiger charge is 2.41. The summed E-state index contributed by atoms with van der Waals surface area (Å²) in [4.78, 5) is 26.4. The number of dihydropyridines is 1. The molecule has 1 heterocycles. The fraction of sp³-hybridized carbons (Fsp3) is 0.333. The summed E-state index contributed by atoms with van der Waals surface area (Å²) < 4.78 is 15.9. The number of ketones is 1. The molecule has 6 heteroatoms. The number of hydrogen-bond acceptors (Lipinski definition) is 6. The first-order valence-electron chi connectivity index (χ1n) is 11.0. The van der Waals surface area contributed by atoms with E-state index in [9.17, 15) is 9.59 Å². The molecule has 0 amide bonds. The third-order valence-electron chi connectivity index (χ3n) is 6.49. The lowest BCUT2D eigenvalue weighted by atomic mass is 9.71. The highest BCUT2D eigenvalue weighted by atomic mass is 16.5. The van der Waals surface area contributed by atoms with Gasteiger partial charge < -0.3 is 19.5 Å². The number of carbonyl (C=O) groups is 2. The van der Waals surface area contributed by atoms with E-state index in [0.29, 0.717) is 41.2 Å². The van der Waals surface area contributed by atoms with E-state index in [1.54, 1.807) is 14.2 Å². The van der Waals surface area contributed by atoms with Gasteiger partial charge >= 0.3 is 5.97 Å². The number of benzene rings is 2. The standard InChI is InChI=1S/C27H29NO5/c1-15-7-6-8-18(11-15)25-24(27(30)33-5)16(2)28-20-12-19(13-21(29)26(20)25)17-9-10-22(31-3)23(14-17)32-4/h6-11,14,19,25,28H,12-13H2,1-5H3/t19-,25-/m1/s1. The van der Waals surface area contributed by atoms with Crippen LogP contribution in [-0.4, -0.2) is 33.1 Å². The minimum absolute atomic E-state index is 0.00538. The zero-order chi connectivity index (χ0) is 23.7. The second-order valence-corrected chi connectivity index (χ2v) is 8.54.